The van der Waals surface area contributed by atoms with Crippen LogP contribution >= 0.6 is 0 Å². The molecule has 0 atom stereocenters. The van der Waals surface area contributed by atoms with Crippen LogP contribution in [0.1, 0.15) is 10.4 Å². The molecule has 0 N–H and O–H groups in total. The molecule has 0 aliphatic carbocycles. The van der Waals surface area contributed by atoms with Gasteiger partial charge in [0.15, 0.2) is 12.4 Å². The Balaban J connectivity index is 1.64. The van der Waals surface area contributed by atoms with Gasteiger partial charge in [-0.1, -0.05) is 17.3 Å². The van der Waals surface area contributed by atoms with Gasteiger partial charge >= 0.3 is 0 Å². The van der Waals surface area contributed by atoms with Gasteiger partial charge in [-0.15, -0.1) is 5.10 Å². The number of anilines is 1. The molecule has 24 heavy (non-hydrogen) atoms. The van der Waals surface area contributed by atoms with E-state index in [4.69, 9.17) is 4.74 Å². The summed E-state index contributed by atoms with van der Waals surface area (Å²) in [5.41, 5.74) is 2.65. The van der Waals surface area contributed by atoms with Crippen LogP contribution in [0, 0.1) is 0 Å². The standard InChI is InChI=1S/C17H14N4O3/c1-20-14-8-11(6-7-16(14)24-10-17(20)23)15(22)9-21-13-5-3-2-4-12(13)18-19-21/h2-8H,9-10H2,1H3. The first-order chi connectivity index (χ1) is 11.6. The number of likely N-dealkylation sites (N-methyl/N-ethyl adjacent to an activating group) is 1. The molecule has 0 spiro atoms. The van der Waals surface area contributed by atoms with Crippen LogP contribution in [0.15, 0.2) is 42.5 Å². The van der Waals surface area contributed by atoms with Crippen LogP contribution in [-0.4, -0.2) is 40.3 Å². The lowest BCUT2D eigenvalue weighted by molar-refractivity contribution is -0.120. The average molecular weight is 322 g/mol. The number of Topliss-reactive ketones (excluding diaryl/α,β-unsaturated/α-hetero) is 1. The third kappa shape index (κ3) is 2.30. The normalized spacial score (nSPS) is 13.7. The van der Waals surface area contributed by atoms with Crippen molar-refractivity contribution in [3.63, 3.8) is 0 Å². The molecule has 1 aliphatic rings. The van der Waals surface area contributed by atoms with E-state index in [0.717, 1.165) is 11.0 Å². The summed E-state index contributed by atoms with van der Waals surface area (Å²) in [6.45, 7) is 0.0968. The first-order valence-electron chi connectivity index (χ1n) is 7.48. The minimum Gasteiger partial charge on any atom is -0.482 e. The van der Waals surface area contributed by atoms with E-state index in [-0.39, 0.29) is 24.8 Å². The van der Waals surface area contributed by atoms with Crippen molar-refractivity contribution in [3.8, 4) is 5.75 Å². The van der Waals surface area contributed by atoms with Gasteiger partial charge in [0.05, 0.1) is 11.2 Å². The van der Waals surface area contributed by atoms with Crippen LogP contribution in [0.5, 0.6) is 5.75 Å². The van der Waals surface area contributed by atoms with Crippen molar-refractivity contribution in [2.45, 2.75) is 6.54 Å². The average Bonchev–Trinajstić information content (AvgIpc) is 3.01. The zero-order valence-electron chi connectivity index (χ0n) is 13.0. The van der Waals surface area contributed by atoms with E-state index in [1.165, 1.54) is 4.90 Å². The Morgan fingerprint density at radius 2 is 2.08 bits per heavy atom. The molecule has 4 rings (SSSR count). The molecule has 7 heteroatoms. The molecule has 120 valence electrons. The van der Waals surface area contributed by atoms with Gasteiger partial charge in [-0.05, 0) is 30.3 Å². The van der Waals surface area contributed by atoms with E-state index >= 15 is 0 Å². The maximum Gasteiger partial charge on any atom is 0.264 e. The molecule has 0 saturated heterocycles. The van der Waals surface area contributed by atoms with E-state index in [9.17, 15) is 9.59 Å². The molecule has 7 nitrogen and oxygen atoms in total. The highest BCUT2D eigenvalue weighted by molar-refractivity contribution is 6.01. The molecule has 0 fully saturated rings. The minimum absolute atomic E-state index is 0.0156. The van der Waals surface area contributed by atoms with Crippen molar-refractivity contribution in [2.24, 2.45) is 0 Å². The molecule has 0 bridgehead atoms. The smallest absolute Gasteiger partial charge is 0.264 e. The van der Waals surface area contributed by atoms with Crippen LogP contribution in [0.3, 0.4) is 0 Å². The summed E-state index contributed by atoms with van der Waals surface area (Å²) < 4.78 is 6.95. The largest absolute Gasteiger partial charge is 0.482 e. The molecular weight excluding hydrogens is 308 g/mol. The van der Waals surface area contributed by atoms with E-state index in [1.54, 1.807) is 29.9 Å². The first-order valence-corrected chi connectivity index (χ1v) is 7.48. The predicted octanol–water partition coefficient (Wildman–Crippen LogP) is 1.67. The van der Waals surface area contributed by atoms with Gasteiger partial charge in [0, 0.05) is 12.6 Å². The van der Waals surface area contributed by atoms with Gasteiger partial charge in [-0.3, -0.25) is 9.59 Å². The van der Waals surface area contributed by atoms with Crippen molar-refractivity contribution < 1.29 is 14.3 Å². The lowest BCUT2D eigenvalue weighted by atomic mass is 10.1. The number of nitrogens with zero attached hydrogens (tertiary/aromatic N) is 4. The lowest BCUT2D eigenvalue weighted by Gasteiger charge is -2.26. The number of hydrogen-bond donors (Lipinski definition) is 0. The first kappa shape index (κ1) is 14.4. The Morgan fingerprint density at radius 1 is 1.25 bits per heavy atom. The number of rotatable bonds is 3. The molecule has 1 aromatic heterocycles. The van der Waals surface area contributed by atoms with Crippen molar-refractivity contribution in [2.75, 3.05) is 18.6 Å². The number of carbonyl (C=O) groups excluding carboxylic acids is 2. The van der Waals surface area contributed by atoms with Gasteiger partial charge in [-0.25, -0.2) is 4.68 Å². The van der Waals surface area contributed by atoms with Crippen molar-refractivity contribution in [1.82, 2.24) is 15.0 Å². The summed E-state index contributed by atoms with van der Waals surface area (Å²) >= 11 is 0. The Kier molecular flexibility index (Phi) is 3.26. The van der Waals surface area contributed by atoms with Crippen molar-refractivity contribution in [1.29, 1.82) is 0 Å². The molecule has 0 unspecified atom stereocenters. The summed E-state index contributed by atoms with van der Waals surface area (Å²) in [6.07, 6.45) is 0. The molecule has 3 aromatic rings. The molecular formula is C17H14N4O3. The van der Waals surface area contributed by atoms with Crippen LogP contribution in [0.2, 0.25) is 0 Å². The van der Waals surface area contributed by atoms with Gasteiger partial charge in [0.1, 0.15) is 17.8 Å². The van der Waals surface area contributed by atoms with Crippen molar-refractivity contribution >= 4 is 28.4 Å². The molecule has 1 amide bonds. The predicted molar refractivity (Wildman–Crippen MR) is 87.2 cm³/mol. The number of hydrogen-bond acceptors (Lipinski definition) is 5. The third-order valence-corrected chi connectivity index (χ3v) is 4.08. The Morgan fingerprint density at radius 3 is 2.96 bits per heavy atom. The molecule has 0 radical (unpaired) electrons. The van der Waals surface area contributed by atoms with Gasteiger partial charge in [-0.2, -0.15) is 0 Å². The SMILES string of the molecule is CN1C(=O)COc2ccc(C(=O)Cn3nnc4ccccc43)cc21. The van der Waals surface area contributed by atoms with Crippen LogP contribution in [-0.2, 0) is 11.3 Å². The fourth-order valence-electron chi connectivity index (χ4n) is 2.71. The summed E-state index contributed by atoms with van der Waals surface area (Å²) in [7, 11) is 1.67. The summed E-state index contributed by atoms with van der Waals surface area (Å²) in [6, 6.07) is 12.6. The highest BCUT2D eigenvalue weighted by atomic mass is 16.5. The summed E-state index contributed by atoms with van der Waals surface area (Å²) in [5.74, 6) is 0.342. The summed E-state index contributed by atoms with van der Waals surface area (Å²) in [5, 5.41) is 8.08. The number of carbonyl (C=O) groups is 2. The van der Waals surface area contributed by atoms with E-state index in [1.807, 2.05) is 24.3 Å². The van der Waals surface area contributed by atoms with Gasteiger partial charge in [0.25, 0.3) is 5.91 Å². The quantitative estimate of drug-likeness (QED) is 0.686. The van der Waals surface area contributed by atoms with Gasteiger partial charge in [0.2, 0.25) is 0 Å². The van der Waals surface area contributed by atoms with Crippen molar-refractivity contribution in [3.05, 3.63) is 48.0 Å². The maximum atomic E-state index is 12.6. The monoisotopic (exact) mass is 322 g/mol. The topological polar surface area (TPSA) is 77.3 Å². The Hall–Kier alpha value is -3.22. The maximum absolute atomic E-state index is 12.6. The fourth-order valence-corrected chi connectivity index (χ4v) is 2.71. The highest BCUT2D eigenvalue weighted by Crippen LogP contribution is 2.32. The second kappa shape index (κ2) is 5.45. The third-order valence-electron chi connectivity index (χ3n) is 4.08. The van der Waals surface area contributed by atoms with Gasteiger partial charge < -0.3 is 9.64 Å². The number of fused-ring (bicyclic) bond motifs is 2. The van der Waals surface area contributed by atoms with Crippen LogP contribution in [0.4, 0.5) is 5.69 Å². The lowest BCUT2D eigenvalue weighted by Crippen LogP contribution is -2.35. The number of ether oxygens (including phenoxy) is 1. The molecule has 0 saturated carbocycles. The van der Waals surface area contributed by atoms with Crippen LogP contribution < -0.4 is 9.64 Å². The second-order valence-electron chi connectivity index (χ2n) is 5.58. The number of aromatic nitrogens is 3. The van der Waals surface area contributed by atoms with Crippen LogP contribution in [0.25, 0.3) is 11.0 Å². The summed E-state index contributed by atoms with van der Waals surface area (Å²) in [4.78, 5) is 25.8. The number of amides is 1. The number of para-hydroxylation sites is 1. The second-order valence-corrected chi connectivity index (χ2v) is 5.58. The minimum atomic E-state index is -0.144. The van der Waals surface area contributed by atoms with E-state index < -0.39 is 0 Å². The van der Waals surface area contributed by atoms with E-state index in [2.05, 4.69) is 10.3 Å². The molecule has 1 aliphatic heterocycles. The molecule has 2 heterocycles. The molecule has 2 aromatic carbocycles. The number of benzene rings is 2. The Labute approximate surface area is 137 Å². The fraction of sp³-hybridized carbons (Fsp3) is 0.176. The Bertz CT molecular complexity index is 963. The zero-order chi connectivity index (χ0) is 16.7. The number of ketones is 1. The zero-order valence-corrected chi connectivity index (χ0v) is 13.0. The highest BCUT2D eigenvalue weighted by Gasteiger charge is 2.23. The van der Waals surface area contributed by atoms with E-state index in [0.29, 0.717) is 17.0 Å².